The average molecular weight is 348 g/mol. The second kappa shape index (κ2) is 4.85. The van der Waals surface area contributed by atoms with Crippen LogP contribution in [0.25, 0.3) is 0 Å². The van der Waals surface area contributed by atoms with Crippen LogP contribution in [-0.2, 0) is 0 Å². The number of likely N-dealkylation sites (tertiary alicyclic amines) is 1. The molecule has 0 radical (unpaired) electrons. The summed E-state index contributed by atoms with van der Waals surface area (Å²) in [4.78, 5) is 14.0. The molecule has 0 spiro atoms. The van der Waals surface area contributed by atoms with Crippen molar-refractivity contribution in [3.63, 3.8) is 0 Å². The smallest absolute Gasteiger partial charge is 0.255 e. The van der Waals surface area contributed by atoms with Crippen molar-refractivity contribution in [1.29, 1.82) is 0 Å². The van der Waals surface area contributed by atoms with E-state index in [4.69, 9.17) is 5.73 Å². The summed E-state index contributed by atoms with van der Waals surface area (Å²) in [7, 11) is 0. The first-order valence-electron chi connectivity index (χ1n) is 5.08. The largest absolute Gasteiger partial charge is 0.337 e. The molecule has 86 valence electrons. The Bertz CT molecular complexity index is 422. The fraction of sp³-hybridized carbons (Fsp3) is 0.364. The average Bonchev–Trinajstić information content (AvgIpc) is 2.64. The van der Waals surface area contributed by atoms with Gasteiger partial charge in [0.1, 0.15) is 0 Å². The van der Waals surface area contributed by atoms with Crippen molar-refractivity contribution >= 4 is 37.8 Å². The SMILES string of the molecule is NC1CCN(C(=O)c2ccc(Br)cc2Br)C1. The van der Waals surface area contributed by atoms with Crippen LogP contribution in [0.15, 0.2) is 27.1 Å². The number of halogens is 2. The van der Waals surface area contributed by atoms with Gasteiger partial charge in [0.25, 0.3) is 5.91 Å². The summed E-state index contributed by atoms with van der Waals surface area (Å²) in [6.07, 6.45) is 0.889. The highest BCUT2D eigenvalue weighted by molar-refractivity contribution is 9.11. The molecule has 1 fully saturated rings. The Morgan fingerprint density at radius 2 is 2.19 bits per heavy atom. The van der Waals surface area contributed by atoms with Crippen LogP contribution in [0.1, 0.15) is 16.8 Å². The van der Waals surface area contributed by atoms with E-state index in [2.05, 4.69) is 31.9 Å². The number of amides is 1. The van der Waals surface area contributed by atoms with Crippen LogP contribution in [0.4, 0.5) is 0 Å². The summed E-state index contributed by atoms with van der Waals surface area (Å²) in [6, 6.07) is 5.69. The van der Waals surface area contributed by atoms with Gasteiger partial charge in [-0.15, -0.1) is 0 Å². The first-order valence-corrected chi connectivity index (χ1v) is 6.66. The number of nitrogens with zero attached hydrogens (tertiary/aromatic N) is 1. The molecule has 1 amide bonds. The number of carbonyl (C=O) groups excluding carboxylic acids is 1. The van der Waals surface area contributed by atoms with Crippen LogP contribution in [0.3, 0.4) is 0 Å². The van der Waals surface area contributed by atoms with E-state index in [0.717, 1.165) is 21.9 Å². The van der Waals surface area contributed by atoms with Gasteiger partial charge in [-0.3, -0.25) is 4.79 Å². The molecule has 1 saturated heterocycles. The first-order chi connectivity index (χ1) is 7.58. The highest BCUT2D eigenvalue weighted by Gasteiger charge is 2.25. The predicted octanol–water partition coefficient (Wildman–Crippen LogP) is 2.38. The third-order valence-corrected chi connectivity index (χ3v) is 3.82. The Morgan fingerprint density at radius 1 is 1.44 bits per heavy atom. The van der Waals surface area contributed by atoms with Crippen molar-refractivity contribution in [2.75, 3.05) is 13.1 Å². The van der Waals surface area contributed by atoms with E-state index in [9.17, 15) is 4.79 Å². The van der Waals surface area contributed by atoms with Gasteiger partial charge in [0.2, 0.25) is 0 Å². The van der Waals surface area contributed by atoms with E-state index in [1.807, 2.05) is 18.2 Å². The molecule has 0 aliphatic carbocycles. The number of benzene rings is 1. The fourth-order valence-corrected chi connectivity index (χ4v) is 3.02. The minimum Gasteiger partial charge on any atom is -0.337 e. The highest BCUT2D eigenvalue weighted by Crippen LogP contribution is 2.24. The normalized spacial score (nSPS) is 20.2. The van der Waals surface area contributed by atoms with Crippen LogP contribution < -0.4 is 5.73 Å². The topological polar surface area (TPSA) is 46.3 Å². The summed E-state index contributed by atoms with van der Waals surface area (Å²) >= 11 is 6.76. The summed E-state index contributed by atoms with van der Waals surface area (Å²) in [5.74, 6) is 0.0484. The fourth-order valence-electron chi connectivity index (χ4n) is 1.81. The molecule has 1 heterocycles. The lowest BCUT2D eigenvalue weighted by Crippen LogP contribution is -2.32. The van der Waals surface area contributed by atoms with Crippen LogP contribution >= 0.6 is 31.9 Å². The molecule has 16 heavy (non-hydrogen) atoms. The number of nitrogens with two attached hydrogens (primary N) is 1. The Labute approximate surface area is 111 Å². The molecule has 0 saturated carbocycles. The van der Waals surface area contributed by atoms with Crippen LogP contribution in [0.5, 0.6) is 0 Å². The molecule has 2 rings (SSSR count). The third kappa shape index (κ3) is 2.47. The molecule has 1 unspecified atom stereocenters. The van der Waals surface area contributed by atoms with Gasteiger partial charge in [-0.05, 0) is 40.5 Å². The van der Waals surface area contributed by atoms with Crippen molar-refractivity contribution in [2.45, 2.75) is 12.5 Å². The first kappa shape index (κ1) is 12.1. The number of hydrogen-bond acceptors (Lipinski definition) is 2. The molecule has 0 bridgehead atoms. The minimum atomic E-state index is 0.0484. The van der Waals surface area contributed by atoms with E-state index in [-0.39, 0.29) is 11.9 Å². The maximum atomic E-state index is 12.1. The Balaban J connectivity index is 2.21. The molecule has 1 aromatic rings. The van der Waals surface area contributed by atoms with Crippen LogP contribution in [0, 0.1) is 0 Å². The highest BCUT2D eigenvalue weighted by atomic mass is 79.9. The van der Waals surface area contributed by atoms with Gasteiger partial charge >= 0.3 is 0 Å². The molecular formula is C11H12Br2N2O. The Morgan fingerprint density at radius 3 is 2.75 bits per heavy atom. The molecule has 0 aromatic heterocycles. The molecule has 1 aliphatic heterocycles. The van der Waals surface area contributed by atoms with Crippen molar-refractivity contribution in [3.05, 3.63) is 32.7 Å². The van der Waals surface area contributed by atoms with Gasteiger partial charge in [0.05, 0.1) is 5.56 Å². The Kier molecular flexibility index (Phi) is 3.66. The Hall–Kier alpha value is -0.390. The second-order valence-electron chi connectivity index (χ2n) is 3.92. The van der Waals surface area contributed by atoms with E-state index in [1.54, 1.807) is 4.90 Å². The molecule has 1 aromatic carbocycles. The summed E-state index contributed by atoms with van der Waals surface area (Å²) < 4.78 is 1.77. The molecule has 1 aliphatic rings. The van der Waals surface area contributed by atoms with Crippen molar-refractivity contribution in [3.8, 4) is 0 Å². The summed E-state index contributed by atoms with van der Waals surface area (Å²) in [5, 5.41) is 0. The van der Waals surface area contributed by atoms with Gasteiger partial charge in [0, 0.05) is 28.1 Å². The minimum absolute atomic E-state index is 0.0484. The van der Waals surface area contributed by atoms with Gasteiger partial charge in [-0.2, -0.15) is 0 Å². The zero-order chi connectivity index (χ0) is 11.7. The van der Waals surface area contributed by atoms with E-state index in [0.29, 0.717) is 12.1 Å². The maximum absolute atomic E-state index is 12.1. The van der Waals surface area contributed by atoms with E-state index < -0.39 is 0 Å². The summed E-state index contributed by atoms with van der Waals surface area (Å²) in [6.45, 7) is 1.41. The maximum Gasteiger partial charge on any atom is 0.255 e. The molecular weight excluding hydrogens is 336 g/mol. The van der Waals surface area contributed by atoms with Gasteiger partial charge < -0.3 is 10.6 Å². The number of carbonyl (C=O) groups is 1. The zero-order valence-corrected chi connectivity index (χ0v) is 11.8. The lowest BCUT2D eigenvalue weighted by molar-refractivity contribution is 0.0790. The van der Waals surface area contributed by atoms with E-state index >= 15 is 0 Å². The monoisotopic (exact) mass is 346 g/mol. The number of rotatable bonds is 1. The van der Waals surface area contributed by atoms with Crippen LogP contribution in [-0.4, -0.2) is 29.9 Å². The van der Waals surface area contributed by atoms with Gasteiger partial charge in [-0.25, -0.2) is 0 Å². The molecule has 2 N–H and O–H groups in total. The quantitative estimate of drug-likeness (QED) is 0.847. The standard InChI is InChI=1S/C11H12Br2N2O/c12-7-1-2-9(10(13)5-7)11(16)15-4-3-8(14)6-15/h1-2,5,8H,3-4,6,14H2. The number of hydrogen-bond donors (Lipinski definition) is 1. The van der Waals surface area contributed by atoms with E-state index in [1.165, 1.54) is 0 Å². The lowest BCUT2D eigenvalue weighted by atomic mass is 10.2. The van der Waals surface area contributed by atoms with Crippen molar-refractivity contribution < 1.29 is 4.79 Å². The van der Waals surface area contributed by atoms with Crippen molar-refractivity contribution in [1.82, 2.24) is 4.90 Å². The third-order valence-electron chi connectivity index (χ3n) is 2.67. The van der Waals surface area contributed by atoms with Gasteiger partial charge in [0.15, 0.2) is 0 Å². The molecule has 5 heteroatoms. The molecule has 1 atom stereocenters. The zero-order valence-electron chi connectivity index (χ0n) is 8.62. The predicted molar refractivity (Wildman–Crippen MR) is 70.3 cm³/mol. The van der Waals surface area contributed by atoms with Gasteiger partial charge in [-0.1, -0.05) is 15.9 Å². The lowest BCUT2D eigenvalue weighted by Gasteiger charge is -2.16. The van der Waals surface area contributed by atoms with Crippen molar-refractivity contribution in [2.24, 2.45) is 5.73 Å². The second-order valence-corrected chi connectivity index (χ2v) is 5.69. The molecule has 3 nitrogen and oxygen atoms in total. The van der Waals surface area contributed by atoms with Crippen LogP contribution in [0.2, 0.25) is 0 Å². The summed E-state index contributed by atoms with van der Waals surface area (Å²) in [5.41, 5.74) is 6.48.